The third-order valence-corrected chi connectivity index (χ3v) is 13.1. The molecule has 288 valence electrons. The molecular weight excluding hydrogens is 709 g/mol. The van der Waals surface area contributed by atoms with Gasteiger partial charge in [0.2, 0.25) is 0 Å². The molecule has 0 heterocycles. The highest BCUT2D eigenvalue weighted by atomic mass is 14.5. The Morgan fingerprint density at radius 2 is 1.00 bits per heavy atom. The summed E-state index contributed by atoms with van der Waals surface area (Å²) in [5.74, 6) is 1.21. The summed E-state index contributed by atoms with van der Waals surface area (Å²) in [4.78, 5) is 0. The molecule has 0 bridgehead atoms. The van der Waals surface area contributed by atoms with E-state index in [-0.39, 0.29) is 0 Å². The second-order valence-electron chi connectivity index (χ2n) is 16.1. The van der Waals surface area contributed by atoms with E-state index in [0.29, 0.717) is 11.8 Å². The van der Waals surface area contributed by atoms with Gasteiger partial charge in [0.25, 0.3) is 0 Å². The van der Waals surface area contributed by atoms with E-state index < -0.39 is 0 Å². The van der Waals surface area contributed by atoms with Gasteiger partial charge in [0, 0.05) is 0 Å². The van der Waals surface area contributed by atoms with Crippen LogP contribution in [0.3, 0.4) is 0 Å². The van der Waals surface area contributed by atoms with Gasteiger partial charge in [-0.15, -0.1) is 0 Å². The van der Waals surface area contributed by atoms with Gasteiger partial charge in [-0.05, 0) is 167 Å². The van der Waals surface area contributed by atoms with Gasteiger partial charge in [-0.1, -0.05) is 185 Å². The van der Waals surface area contributed by atoms with Gasteiger partial charge in [-0.25, -0.2) is 0 Å². The van der Waals surface area contributed by atoms with Crippen LogP contribution < -0.4 is 0 Å². The van der Waals surface area contributed by atoms with Gasteiger partial charge < -0.3 is 0 Å². The fourth-order valence-corrected chi connectivity index (χ4v) is 10.5. The van der Waals surface area contributed by atoms with Crippen molar-refractivity contribution in [3.8, 4) is 55.6 Å². The maximum atomic E-state index is 2.55. The molecule has 12 rings (SSSR count). The Morgan fingerprint density at radius 1 is 0.390 bits per heavy atom. The van der Waals surface area contributed by atoms with E-state index in [1.54, 1.807) is 0 Å². The van der Waals surface area contributed by atoms with Crippen LogP contribution >= 0.6 is 0 Å². The Morgan fingerprint density at radius 3 is 1.78 bits per heavy atom. The summed E-state index contributed by atoms with van der Waals surface area (Å²) in [6, 6.07) is 55.4. The van der Waals surface area contributed by atoms with Gasteiger partial charge in [0.05, 0.1) is 0 Å². The molecule has 0 radical (unpaired) electrons. The average Bonchev–Trinajstić information content (AvgIpc) is 4.14. The quantitative estimate of drug-likeness (QED) is 0.168. The fraction of sp³-hybridized carbons (Fsp3) is 0.186. The summed E-state index contributed by atoms with van der Waals surface area (Å²) >= 11 is 0. The standard InChI is InChI=1S/C55H40.2C2H6/c1-2-14-34(15-3-1)38-17-6-7-18-39(38)36-26-28-43-49-32-37(27-29-44(49)51-33-52(51)50(43)30-36)54-45-22-10-12-24-47(45)55(48-25-13-11-23-46(48)54)53-31-35-16-4-5-19-40(35)41-20-8-9-21-42(41)53;2*1-2/h1-3,5-12,14-15,17-24,26-32,51-52H,4,13,16,25,33H2;2*1-2H3. The molecule has 0 amide bonds. The zero-order valence-corrected chi connectivity index (χ0v) is 34.9. The first kappa shape index (κ1) is 37.1. The van der Waals surface area contributed by atoms with Crippen molar-refractivity contribution in [2.24, 2.45) is 0 Å². The highest BCUT2D eigenvalue weighted by Crippen LogP contribution is 2.63. The number of hydrogen-bond acceptors (Lipinski definition) is 0. The molecule has 0 N–H and O–H groups in total. The van der Waals surface area contributed by atoms with Crippen molar-refractivity contribution in [2.45, 2.75) is 71.6 Å². The smallest absolute Gasteiger partial charge is 0.00295 e. The Labute approximate surface area is 350 Å². The van der Waals surface area contributed by atoms with Gasteiger partial charge in [0.15, 0.2) is 0 Å². The number of benzene rings is 8. The van der Waals surface area contributed by atoms with E-state index in [1.807, 2.05) is 27.7 Å². The third kappa shape index (κ3) is 6.12. The summed E-state index contributed by atoms with van der Waals surface area (Å²) in [6.45, 7) is 8.00. The number of rotatable bonds is 4. The summed E-state index contributed by atoms with van der Waals surface area (Å²) in [6.07, 6.45) is 15.1. The molecule has 8 aromatic carbocycles. The minimum Gasteiger partial charge on any atom is -0.0836 e. The van der Waals surface area contributed by atoms with Crippen molar-refractivity contribution < 1.29 is 0 Å². The van der Waals surface area contributed by atoms with E-state index in [9.17, 15) is 0 Å². The van der Waals surface area contributed by atoms with Crippen LogP contribution in [-0.2, 0) is 12.8 Å². The molecule has 1 fully saturated rings. The normalized spacial score (nSPS) is 16.3. The number of hydrogen-bond donors (Lipinski definition) is 0. The summed E-state index contributed by atoms with van der Waals surface area (Å²) in [5, 5.41) is 5.44. The van der Waals surface area contributed by atoms with Crippen molar-refractivity contribution in [3.63, 3.8) is 0 Å². The Hall–Kier alpha value is -6.24. The maximum Gasteiger partial charge on any atom is -0.00295 e. The SMILES string of the molecule is C1=Cc2c(cc(-c3c4c(c(-c5ccc6c(c5)-c5ccc(-c7ccccc7-c7ccccc7)cc5C5CC65)c5ccccc35)C=CCC4)c3ccccc23)CC1.CC.CC. The van der Waals surface area contributed by atoms with Crippen LogP contribution in [0.2, 0.25) is 0 Å². The number of aryl methyl sites for hydroxylation is 1. The molecule has 1 saturated carbocycles. The van der Waals surface area contributed by atoms with Crippen molar-refractivity contribution in [2.75, 3.05) is 0 Å². The van der Waals surface area contributed by atoms with E-state index in [1.165, 1.54) is 117 Å². The molecule has 0 aromatic heterocycles. The second-order valence-corrected chi connectivity index (χ2v) is 16.1. The Kier molecular flexibility index (Phi) is 9.74. The summed E-state index contributed by atoms with van der Waals surface area (Å²) in [7, 11) is 0. The molecule has 0 nitrogen and oxygen atoms in total. The first-order chi connectivity index (χ1) is 29.3. The van der Waals surface area contributed by atoms with Gasteiger partial charge in [-0.2, -0.15) is 0 Å². The first-order valence-corrected chi connectivity index (χ1v) is 22.2. The number of fused-ring (bicyclic) bond motifs is 11. The minimum absolute atomic E-state index is 0.606. The monoisotopic (exact) mass is 760 g/mol. The van der Waals surface area contributed by atoms with Crippen molar-refractivity contribution in [3.05, 3.63) is 191 Å². The van der Waals surface area contributed by atoms with Crippen molar-refractivity contribution >= 4 is 33.7 Å². The van der Waals surface area contributed by atoms with Crippen LogP contribution in [0.25, 0.3) is 89.3 Å². The van der Waals surface area contributed by atoms with Gasteiger partial charge >= 0.3 is 0 Å². The first-order valence-electron chi connectivity index (χ1n) is 22.2. The van der Waals surface area contributed by atoms with E-state index in [0.717, 1.165) is 25.7 Å². The van der Waals surface area contributed by atoms with Gasteiger partial charge in [-0.3, -0.25) is 0 Å². The molecule has 0 saturated heterocycles. The minimum atomic E-state index is 0.606. The fourth-order valence-electron chi connectivity index (χ4n) is 10.5. The highest BCUT2D eigenvalue weighted by molar-refractivity contribution is 6.15. The zero-order valence-electron chi connectivity index (χ0n) is 34.9. The van der Waals surface area contributed by atoms with Crippen LogP contribution in [-0.4, -0.2) is 0 Å². The maximum absolute atomic E-state index is 2.55. The van der Waals surface area contributed by atoms with Crippen LogP contribution in [0.1, 0.15) is 92.2 Å². The molecule has 4 aliphatic carbocycles. The molecule has 0 spiro atoms. The van der Waals surface area contributed by atoms with Crippen molar-refractivity contribution in [1.82, 2.24) is 0 Å². The molecule has 8 aromatic rings. The third-order valence-electron chi connectivity index (χ3n) is 13.1. The molecule has 2 atom stereocenters. The van der Waals surface area contributed by atoms with Crippen LogP contribution in [0.15, 0.2) is 158 Å². The lowest BCUT2D eigenvalue weighted by molar-refractivity contribution is 0.985. The van der Waals surface area contributed by atoms with Crippen molar-refractivity contribution in [1.29, 1.82) is 0 Å². The average molecular weight is 761 g/mol. The van der Waals surface area contributed by atoms with E-state index in [4.69, 9.17) is 0 Å². The predicted molar refractivity (Wildman–Crippen MR) is 256 cm³/mol. The Balaban J connectivity index is 0.00000102. The lowest BCUT2D eigenvalue weighted by Gasteiger charge is -2.26. The lowest BCUT2D eigenvalue weighted by atomic mass is 9.77. The van der Waals surface area contributed by atoms with Crippen LogP contribution in [0, 0.1) is 0 Å². The summed E-state index contributed by atoms with van der Waals surface area (Å²) in [5.41, 5.74) is 22.4. The molecule has 4 aliphatic rings. The van der Waals surface area contributed by atoms with E-state index in [2.05, 4.69) is 170 Å². The topological polar surface area (TPSA) is 0 Å². The zero-order chi connectivity index (χ0) is 40.0. The predicted octanol–water partition coefficient (Wildman–Crippen LogP) is 16.9. The van der Waals surface area contributed by atoms with Crippen LogP contribution in [0.5, 0.6) is 0 Å². The molecule has 0 aliphatic heterocycles. The lowest BCUT2D eigenvalue weighted by Crippen LogP contribution is -2.05. The molecular formula is C59H52. The molecule has 0 heteroatoms. The van der Waals surface area contributed by atoms with Crippen LogP contribution in [0.4, 0.5) is 0 Å². The summed E-state index contributed by atoms with van der Waals surface area (Å²) < 4.78 is 0. The number of allylic oxidation sites excluding steroid dienone is 2. The highest BCUT2D eigenvalue weighted by Gasteiger charge is 2.45. The molecule has 59 heavy (non-hydrogen) atoms. The second kappa shape index (κ2) is 15.5. The Bertz CT molecular complexity index is 2950. The van der Waals surface area contributed by atoms with E-state index >= 15 is 0 Å². The van der Waals surface area contributed by atoms with Gasteiger partial charge in [0.1, 0.15) is 0 Å². The largest absolute Gasteiger partial charge is 0.0836 e. The molecule has 2 unspecified atom stereocenters.